The summed E-state index contributed by atoms with van der Waals surface area (Å²) in [7, 11) is 2.20. The summed E-state index contributed by atoms with van der Waals surface area (Å²) in [6, 6.07) is 11.1. The number of likely N-dealkylation sites (tertiary alicyclic amines) is 1. The molecule has 2 atom stereocenters. The number of hydrogen-bond acceptors (Lipinski definition) is 5. The second-order valence-corrected chi connectivity index (χ2v) is 8.93. The molecule has 0 aliphatic carbocycles. The molecule has 0 bridgehead atoms. The van der Waals surface area contributed by atoms with Crippen LogP contribution in [-0.2, 0) is 17.8 Å². The predicted octanol–water partition coefficient (Wildman–Crippen LogP) is 3.32. The molecule has 25 heavy (non-hydrogen) atoms. The van der Waals surface area contributed by atoms with Crippen LogP contribution in [0.2, 0.25) is 0 Å². The molecule has 2 fully saturated rings. The maximum atomic E-state index is 6.35. The molecule has 0 saturated carbocycles. The zero-order chi connectivity index (χ0) is 17.3. The van der Waals surface area contributed by atoms with Gasteiger partial charge >= 0.3 is 0 Å². The number of aromatic nitrogens is 1. The van der Waals surface area contributed by atoms with Crippen molar-refractivity contribution in [2.45, 2.75) is 44.5 Å². The third-order valence-corrected chi connectivity index (χ3v) is 6.51. The van der Waals surface area contributed by atoms with Crippen molar-refractivity contribution in [3.63, 3.8) is 0 Å². The van der Waals surface area contributed by atoms with Crippen LogP contribution in [0.4, 0.5) is 0 Å². The van der Waals surface area contributed by atoms with Crippen LogP contribution in [0.25, 0.3) is 0 Å². The van der Waals surface area contributed by atoms with E-state index in [4.69, 9.17) is 4.74 Å². The number of hydrogen-bond donors (Lipinski definition) is 0. The van der Waals surface area contributed by atoms with E-state index < -0.39 is 0 Å². The summed E-state index contributed by atoms with van der Waals surface area (Å²) in [5.41, 5.74) is 1.20. The Morgan fingerprint density at radius 2 is 2.28 bits per heavy atom. The van der Waals surface area contributed by atoms with E-state index in [0.717, 1.165) is 51.3 Å². The van der Waals surface area contributed by atoms with Crippen LogP contribution in [0.5, 0.6) is 0 Å². The van der Waals surface area contributed by atoms with Gasteiger partial charge in [0.05, 0.1) is 17.9 Å². The lowest BCUT2D eigenvalue weighted by Gasteiger charge is -2.26. The first-order valence-corrected chi connectivity index (χ1v) is 9.95. The molecule has 2 aliphatic rings. The van der Waals surface area contributed by atoms with Crippen molar-refractivity contribution in [2.75, 3.05) is 26.7 Å². The van der Waals surface area contributed by atoms with Crippen molar-refractivity contribution >= 4 is 11.3 Å². The molecule has 0 amide bonds. The molecule has 4 heterocycles. The lowest BCUT2D eigenvalue weighted by molar-refractivity contribution is 0.0103. The minimum absolute atomic E-state index is 0.0648. The van der Waals surface area contributed by atoms with Crippen LogP contribution in [0, 0.1) is 6.92 Å². The van der Waals surface area contributed by atoms with Crippen molar-refractivity contribution in [3.8, 4) is 0 Å². The molecular weight excluding hydrogens is 330 g/mol. The Kier molecular flexibility index (Phi) is 4.91. The van der Waals surface area contributed by atoms with Gasteiger partial charge < -0.3 is 4.74 Å². The Hall–Kier alpha value is -1.27. The normalized spacial score (nSPS) is 26.9. The number of pyridine rings is 1. The molecule has 134 valence electrons. The summed E-state index contributed by atoms with van der Waals surface area (Å²) in [6.07, 6.45) is 4.17. The van der Waals surface area contributed by atoms with Crippen molar-refractivity contribution in [1.29, 1.82) is 0 Å². The highest BCUT2D eigenvalue weighted by atomic mass is 32.1. The lowest BCUT2D eigenvalue weighted by atomic mass is 9.96. The highest BCUT2D eigenvalue weighted by Gasteiger charge is 2.46. The van der Waals surface area contributed by atoms with Crippen molar-refractivity contribution in [3.05, 3.63) is 52.0 Å². The van der Waals surface area contributed by atoms with Crippen LogP contribution in [0.1, 0.15) is 28.3 Å². The van der Waals surface area contributed by atoms with E-state index in [0.29, 0.717) is 6.04 Å². The average molecular weight is 358 g/mol. The van der Waals surface area contributed by atoms with Crippen LogP contribution >= 0.6 is 11.3 Å². The summed E-state index contributed by atoms with van der Waals surface area (Å²) >= 11 is 1.91. The SMILES string of the molecule is Cc1ccc(CN2CC[C@@]3(C[C@H](N(C)Cc4ccccn4)CO3)C2)s1. The maximum absolute atomic E-state index is 6.35. The summed E-state index contributed by atoms with van der Waals surface area (Å²) in [4.78, 5) is 12.3. The predicted molar refractivity (Wildman–Crippen MR) is 102 cm³/mol. The molecule has 0 N–H and O–H groups in total. The largest absolute Gasteiger partial charge is 0.372 e. The molecule has 2 saturated heterocycles. The molecule has 4 rings (SSSR count). The van der Waals surface area contributed by atoms with E-state index in [1.807, 2.05) is 23.6 Å². The van der Waals surface area contributed by atoms with Gasteiger partial charge in [0, 0.05) is 48.2 Å². The summed E-state index contributed by atoms with van der Waals surface area (Å²) in [6.45, 7) is 7.20. The van der Waals surface area contributed by atoms with Gasteiger partial charge in [-0.3, -0.25) is 14.8 Å². The van der Waals surface area contributed by atoms with E-state index in [9.17, 15) is 0 Å². The maximum Gasteiger partial charge on any atom is 0.0837 e. The van der Waals surface area contributed by atoms with Crippen LogP contribution in [-0.4, -0.2) is 53.2 Å². The van der Waals surface area contributed by atoms with Crippen LogP contribution in [0.15, 0.2) is 36.5 Å². The molecule has 0 aromatic carbocycles. The fourth-order valence-corrected chi connectivity index (χ4v) is 5.05. The molecule has 2 aromatic heterocycles. The number of likely N-dealkylation sites (N-methyl/N-ethyl adjacent to an activating group) is 1. The van der Waals surface area contributed by atoms with E-state index in [1.54, 1.807) is 0 Å². The summed E-state index contributed by atoms with van der Waals surface area (Å²) in [5.74, 6) is 0. The Morgan fingerprint density at radius 1 is 1.36 bits per heavy atom. The number of aryl methyl sites for hydroxylation is 1. The zero-order valence-corrected chi connectivity index (χ0v) is 16.0. The Labute approximate surface area is 154 Å². The third kappa shape index (κ3) is 3.95. The highest BCUT2D eigenvalue weighted by molar-refractivity contribution is 7.11. The van der Waals surface area contributed by atoms with Crippen molar-refractivity contribution in [2.24, 2.45) is 0 Å². The Balaban J connectivity index is 1.32. The second kappa shape index (κ2) is 7.16. The van der Waals surface area contributed by atoms with Gasteiger partial charge in [-0.1, -0.05) is 6.07 Å². The fraction of sp³-hybridized carbons (Fsp3) is 0.550. The lowest BCUT2D eigenvalue weighted by Crippen LogP contribution is -2.36. The van der Waals surface area contributed by atoms with Crippen molar-refractivity contribution in [1.82, 2.24) is 14.8 Å². The number of rotatable bonds is 5. The minimum atomic E-state index is 0.0648. The van der Waals surface area contributed by atoms with E-state index in [1.165, 1.54) is 9.75 Å². The molecular formula is C20H27N3OS. The van der Waals surface area contributed by atoms with Crippen molar-refractivity contribution < 1.29 is 4.74 Å². The minimum Gasteiger partial charge on any atom is -0.372 e. The molecule has 5 heteroatoms. The van der Waals surface area contributed by atoms with Gasteiger partial charge in [0.2, 0.25) is 0 Å². The Bertz CT molecular complexity index is 704. The standard InChI is InChI=1S/C20H27N3OS/c1-16-6-7-19(25-16)13-23-10-8-20(15-23)11-18(14-24-20)22(2)12-17-5-3-4-9-21-17/h3-7,9,18H,8,10-15H2,1-2H3/t18-,20+/m0/s1. The molecule has 1 spiro atoms. The quantitative estimate of drug-likeness (QED) is 0.821. The first-order chi connectivity index (χ1) is 12.1. The van der Waals surface area contributed by atoms with Crippen LogP contribution < -0.4 is 0 Å². The topological polar surface area (TPSA) is 28.6 Å². The van der Waals surface area contributed by atoms with Crippen LogP contribution in [0.3, 0.4) is 0 Å². The van der Waals surface area contributed by atoms with Gasteiger partial charge in [-0.15, -0.1) is 11.3 Å². The number of thiophene rings is 1. The highest BCUT2D eigenvalue weighted by Crippen LogP contribution is 2.37. The van der Waals surface area contributed by atoms with Gasteiger partial charge in [0.25, 0.3) is 0 Å². The Morgan fingerprint density at radius 3 is 3.04 bits per heavy atom. The van der Waals surface area contributed by atoms with Gasteiger partial charge in [-0.05, 0) is 51.1 Å². The molecule has 2 aliphatic heterocycles. The van der Waals surface area contributed by atoms with Gasteiger partial charge in [0.15, 0.2) is 0 Å². The molecule has 2 aromatic rings. The monoisotopic (exact) mass is 357 g/mol. The second-order valence-electron chi connectivity index (χ2n) is 7.56. The molecule has 0 unspecified atom stereocenters. The summed E-state index contributed by atoms with van der Waals surface area (Å²) < 4.78 is 6.35. The van der Waals surface area contributed by atoms with Gasteiger partial charge in [-0.25, -0.2) is 0 Å². The first-order valence-electron chi connectivity index (χ1n) is 9.14. The molecule has 0 radical (unpaired) electrons. The van der Waals surface area contributed by atoms with E-state index in [-0.39, 0.29) is 5.60 Å². The zero-order valence-electron chi connectivity index (χ0n) is 15.1. The smallest absolute Gasteiger partial charge is 0.0837 e. The number of ether oxygens (including phenoxy) is 1. The summed E-state index contributed by atoms with van der Waals surface area (Å²) in [5, 5.41) is 0. The van der Waals surface area contributed by atoms with E-state index in [2.05, 4.69) is 53.0 Å². The van der Waals surface area contributed by atoms with Gasteiger partial charge in [-0.2, -0.15) is 0 Å². The first kappa shape index (κ1) is 17.2. The van der Waals surface area contributed by atoms with Gasteiger partial charge in [0.1, 0.15) is 0 Å². The third-order valence-electron chi connectivity index (χ3n) is 5.52. The average Bonchev–Trinajstić information content (AvgIpc) is 3.31. The fourth-order valence-electron chi connectivity index (χ4n) is 4.12. The van der Waals surface area contributed by atoms with E-state index >= 15 is 0 Å². The molecule has 4 nitrogen and oxygen atoms in total. The number of nitrogens with zero attached hydrogens (tertiary/aromatic N) is 3.